The molecule has 16 heteroatoms. The number of carbonyl (C=O) groups is 4. The molecule has 270 valence electrons. The first kappa shape index (κ1) is 35.3. The van der Waals surface area contributed by atoms with E-state index in [9.17, 15) is 24.4 Å². The minimum Gasteiger partial charge on any atom is -0.309 e. The number of nitrogens with zero attached hydrogens (tertiary/aromatic N) is 6. The largest absolute Gasteiger partial charge is 0.345 e. The number of hydrogen-bond acceptors (Lipinski definition) is 10. The predicted octanol–water partition coefficient (Wildman–Crippen LogP) is 1.32. The fourth-order valence-corrected chi connectivity index (χ4v) is 7.34. The molecular weight excluding hydrogens is 636 g/mol. The molecule has 6 amide bonds. The van der Waals surface area contributed by atoms with Gasteiger partial charge in [0.25, 0.3) is 11.8 Å². The lowest BCUT2D eigenvalue weighted by atomic mass is 10.0. The van der Waals surface area contributed by atoms with Crippen LogP contribution in [0.3, 0.4) is 0 Å². The quantitative estimate of drug-likeness (QED) is 0.256. The highest BCUT2D eigenvalue weighted by molar-refractivity contribution is 5.88. The van der Waals surface area contributed by atoms with Gasteiger partial charge in [0.1, 0.15) is 18.7 Å². The third-order valence-electron chi connectivity index (χ3n) is 10.5. The summed E-state index contributed by atoms with van der Waals surface area (Å²) in [6.45, 7) is 5.09. The number of hydroxylamine groups is 6. The fourth-order valence-electron chi connectivity index (χ4n) is 7.34. The highest BCUT2D eigenvalue weighted by Crippen LogP contribution is 2.31. The third-order valence-corrected chi connectivity index (χ3v) is 10.5. The Labute approximate surface area is 287 Å². The second-order valence-electron chi connectivity index (χ2n) is 14.0. The Morgan fingerprint density at radius 3 is 1.76 bits per heavy atom. The molecule has 0 radical (unpaired) electrons. The molecule has 4 bridgehead atoms. The van der Waals surface area contributed by atoms with Gasteiger partial charge in [-0.05, 0) is 71.0 Å². The molecule has 1 aromatic carbocycles. The minimum atomic E-state index is -0.544. The second-order valence-corrected chi connectivity index (χ2v) is 14.0. The van der Waals surface area contributed by atoms with Gasteiger partial charge in [0, 0.05) is 39.3 Å². The van der Waals surface area contributed by atoms with E-state index in [0.717, 1.165) is 68.9 Å². The van der Waals surface area contributed by atoms with Gasteiger partial charge < -0.3 is 19.6 Å². The van der Waals surface area contributed by atoms with E-state index in [2.05, 4.69) is 34.9 Å². The van der Waals surface area contributed by atoms with E-state index in [4.69, 9.17) is 14.5 Å². The molecule has 1 aromatic rings. The average Bonchev–Trinajstić information content (AvgIpc) is 3.49. The van der Waals surface area contributed by atoms with Crippen LogP contribution in [0.4, 0.5) is 9.59 Å². The Balaban J connectivity index is 0.000000177. The summed E-state index contributed by atoms with van der Waals surface area (Å²) in [4.78, 5) is 73.8. The summed E-state index contributed by atoms with van der Waals surface area (Å²) in [6.07, 6.45) is 6.17. The Morgan fingerprint density at radius 1 is 0.714 bits per heavy atom. The highest BCUT2D eigenvalue weighted by atomic mass is 16.7. The van der Waals surface area contributed by atoms with E-state index in [-0.39, 0.29) is 42.1 Å². The van der Waals surface area contributed by atoms with Crippen LogP contribution in [0.1, 0.15) is 56.9 Å². The number of hydrogen-bond donors (Lipinski definition) is 3. The monoisotopic (exact) mass is 686 g/mol. The zero-order chi connectivity index (χ0) is 34.5. The van der Waals surface area contributed by atoms with E-state index in [1.54, 1.807) is 4.90 Å². The van der Waals surface area contributed by atoms with Gasteiger partial charge in [0.05, 0.1) is 24.3 Å². The average molecular weight is 687 g/mol. The molecule has 6 aliphatic heterocycles. The molecule has 4 atom stereocenters. The van der Waals surface area contributed by atoms with Crippen LogP contribution in [-0.4, -0.2) is 149 Å². The van der Waals surface area contributed by atoms with Gasteiger partial charge in [0.15, 0.2) is 0 Å². The van der Waals surface area contributed by atoms with Crippen molar-refractivity contribution in [1.29, 1.82) is 0 Å². The Morgan fingerprint density at radius 2 is 1.20 bits per heavy atom. The molecule has 0 aromatic heterocycles. The standard InChI is InChI=1S/C20H28N4O4.C13H22N4O4/c1-22-11-9-17(10-12-22)28-21-19(25)18-8-7-16-13-23(18)20(26)24(16)27-14-15-5-3-2-4-6-15;1-15-6-4-10(5-7-15)21-14-12(18)11-3-2-9-8-16(11)13(19)17(9)20/h2-6,16-18H,7-14H2,1H3,(H,21,25);9-11,20H,2-8H2,1H3,(H,14,18)/t16-,18+;9-,11+/m11/s1. The van der Waals surface area contributed by atoms with Gasteiger partial charge in [-0.3, -0.25) is 29.3 Å². The number of amides is 6. The maximum absolute atomic E-state index is 12.8. The molecule has 0 aliphatic carbocycles. The summed E-state index contributed by atoms with van der Waals surface area (Å²) in [6, 6.07) is 7.79. The molecule has 3 N–H and O–H groups in total. The summed E-state index contributed by atoms with van der Waals surface area (Å²) < 4.78 is 0. The third kappa shape index (κ3) is 8.44. The number of benzene rings is 1. The molecule has 6 aliphatic rings. The lowest BCUT2D eigenvalue weighted by molar-refractivity contribution is -0.146. The van der Waals surface area contributed by atoms with Crippen LogP contribution in [-0.2, 0) is 30.7 Å². The first-order valence-corrected chi connectivity index (χ1v) is 17.5. The van der Waals surface area contributed by atoms with Gasteiger partial charge in [0.2, 0.25) is 0 Å². The lowest BCUT2D eigenvalue weighted by Gasteiger charge is -2.31. The molecule has 0 spiro atoms. The number of piperidine rings is 4. The van der Waals surface area contributed by atoms with E-state index >= 15 is 0 Å². The summed E-state index contributed by atoms with van der Waals surface area (Å²) in [5.74, 6) is -0.535. The SMILES string of the molecule is CN1CCC(ONC(=O)[C@@H]2CC[C@@H]3CN2C(=O)N3O)CC1.CN1CCC(ONC(=O)[C@@H]2CC[C@@H]3CN2C(=O)N3OCc2ccccc2)CC1. The Hall–Kier alpha value is -3.54. The minimum absolute atomic E-state index is 0.00457. The van der Waals surface area contributed by atoms with Gasteiger partial charge in [-0.1, -0.05) is 30.3 Å². The zero-order valence-corrected chi connectivity index (χ0v) is 28.4. The van der Waals surface area contributed by atoms with E-state index in [1.807, 2.05) is 30.3 Å². The molecule has 6 heterocycles. The lowest BCUT2D eigenvalue weighted by Crippen LogP contribution is -2.50. The first-order chi connectivity index (χ1) is 23.7. The van der Waals surface area contributed by atoms with E-state index in [1.165, 1.54) is 9.96 Å². The smallest absolute Gasteiger partial charge is 0.309 e. The maximum atomic E-state index is 12.8. The molecular formula is C33H50N8O8. The van der Waals surface area contributed by atoms with Crippen molar-refractivity contribution in [3.8, 4) is 0 Å². The van der Waals surface area contributed by atoms with Crippen molar-refractivity contribution in [3.05, 3.63) is 35.9 Å². The molecule has 16 nitrogen and oxygen atoms in total. The fraction of sp³-hybridized carbons (Fsp3) is 0.697. The second kappa shape index (κ2) is 16.0. The topological polar surface area (TPSA) is 160 Å². The molecule has 49 heavy (non-hydrogen) atoms. The Bertz CT molecular complexity index is 1310. The van der Waals surface area contributed by atoms with Gasteiger partial charge in [-0.15, -0.1) is 0 Å². The number of fused-ring (bicyclic) bond motifs is 4. The van der Waals surface area contributed by atoms with Crippen molar-refractivity contribution in [2.24, 2.45) is 0 Å². The van der Waals surface area contributed by atoms with Crippen LogP contribution in [0.5, 0.6) is 0 Å². The van der Waals surface area contributed by atoms with Crippen LogP contribution in [0, 0.1) is 0 Å². The van der Waals surface area contributed by atoms with Crippen molar-refractivity contribution < 1.29 is 38.9 Å². The van der Waals surface area contributed by atoms with Crippen molar-refractivity contribution in [2.75, 3.05) is 53.4 Å². The number of likely N-dealkylation sites (tertiary alicyclic amines) is 2. The molecule has 7 rings (SSSR count). The maximum Gasteiger partial charge on any atom is 0.345 e. The summed E-state index contributed by atoms with van der Waals surface area (Å²) in [5.41, 5.74) is 6.11. The summed E-state index contributed by atoms with van der Waals surface area (Å²) >= 11 is 0. The van der Waals surface area contributed by atoms with E-state index < -0.39 is 18.1 Å². The van der Waals surface area contributed by atoms with Crippen molar-refractivity contribution >= 4 is 23.9 Å². The van der Waals surface area contributed by atoms with Gasteiger partial charge >= 0.3 is 12.1 Å². The normalized spacial score (nSPS) is 28.1. The van der Waals surface area contributed by atoms with Crippen molar-refractivity contribution in [3.63, 3.8) is 0 Å². The van der Waals surface area contributed by atoms with Crippen molar-refractivity contribution in [2.45, 2.75) is 94.3 Å². The number of urea groups is 2. The zero-order valence-electron chi connectivity index (χ0n) is 28.4. The van der Waals surface area contributed by atoms with Crippen LogP contribution in [0.15, 0.2) is 30.3 Å². The van der Waals surface area contributed by atoms with Gasteiger partial charge in [-0.2, -0.15) is 5.06 Å². The molecule has 6 saturated heterocycles. The Kier molecular flexibility index (Phi) is 11.5. The van der Waals surface area contributed by atoms with Gasteiger partial charge in [-0.25, -0.2) is 25.6 Å². The van der Waals surface area contributed by atoms with E-state index in [0.29, 0.717) is 39.0 Å². The highest BCUT2D eigenvalue weighted by Gasteiger charge is 2.49. The van der Waals surface area contributed by atoms with Crippen LogP contribution in [0.2, 0.25) is 0 Å². The van der Waals surface area contributed by atoms with Crippen molar-refractivity contribution in [1.82, 2.24) is 40.7 Å². The summed E-state index contributed by atoms with van der Waals surface area (Å²) in [5, 5.41) is 11.8. The first-order valence-electron chi connectivity index (χ1n) is 17.5. The number of nitrogens with one attached hydrogen (secondary N) is 2. The van der Waals surface area contributed by atoms with Crippen LogP contribution < -0.4 is 11.0 Å². The molecule has 6 fully saturated rings. The predicted molar refractivity (Wildman–Crippen MR) is 174 cm³/mol. The van der Waals surface area contributed by atoms with Crippen LogP contribution in [0.25, 0.3) is 0 Å². The number of carbonyl (C=O) groups excluding carboxylic acids is 4. The molecule has 0 unspecified atom stereocenters. The molecule has 0 saturated carbocycles. The number of rotatable bonds is 9. The van der Waals surface area contributed by atoms with Crippen LogP contribution >= 0.6 is 0 Å². The summed E-state index contributed by atoms with van der Waals surface area (Å²) in [7, 11) is 4.14.